The van der Waals surface area contributed by atoms with E-state index in [1.807, 2.05) is 35.6 Å². The second-order valence-corrected chi connectivity index (χ2v) is 6.04. The zero-order chi connectivity index (χ0) is 12.2. The zero-order valence-corrected chi connectivity index (χ0v) is 11.2. The van der Waals surface area contributed by atoms with Crippen LogP contribution in [0, 0.1) is 11.3 Å². The zero-order valence-electron chi connectivity index (χ0n) is 10.4. The van der Waals surface area contributed by atoms with E-state index in [2.05, 4.69) is 31.5 Å². The Morgan fingerprint density at radius 2 is 2.25 bits per heavy atom. The minimum Gasteiger partial charge on any atom is -0.342 e. The van der Waals surface area contributed by atoms with Crippen LogP contribution < -0.4 is 5.32 Å². The molecule has 0 aliphatic heterocycles. The van der Waals surface area contributed by atoms with Crippen LogP contribution in [0.2, 0.25) is 0 Å². The van der Waals surface area contributed by atoms with Crippen molar-refractivity contribution < 1.29 is 0 Å². The highest BCUT2D eigenvalue weighted by Gasteiger charge is 2.14. The molecule has 1 rings (SSSR count). The Bertz CT molecular complexity index is 387. The molecule has 0 radical (unpaired) electrons. The molecule has 88 valence electrons. The van der Waals surface area contributed by atoms with Crippen LogP contribution >= 0.6 is 11.8 Å². The summed E-state index contributed by atoms with van der Waals surface area (Å²) >= 11 is 1.86. The fraction of sp³-hybridized carbons (Fsp3) is 0.583. The molecule has 0 atom stereocenters. The maximum absolute atomic E-state index is 8.83. The number of thioether (sulfide) groups is 1. The van der Waals surface area contributed by atoms with Gasteiger partial charge in [0.05, 0.1) is 0 Å². The lowest BCUT2D eigenvalue weighted by Gasteiger charge is -2.22. The molecular formula is C12H19N3S. The van der Waals surface area contributed by atoms with Crippen molar-refractivity contribution in [2.45, 2.75) is 25.1 Å². The predicted molar refractivity (Wildman–Crippen MR) is 69.4 cm³/mol. The lowest BCUT2D eigenvalue weighted by atomic mass is 10.2. The molecule has 0 saturated carbocycles. The first-order valence-electron chi connectivity index (χ1n) is 5.30. The van der Waals surface area contributed by atoms with Gasteiger partial charge in [-0.15, -0.1) is 0 Å². The molecule has 0 aromatic carbocycles. The van der Waals surface area contributed by atoms with Gasteiger partial charge in [0.25, 0.3) is 0 Å². The van der Waals surface area contributed by atoms with Crippen LogP contribution in [0.4, 0.5) is 0 Å². The number of nitriles is 1. The van der Waals surface area contributed by atoms with Crippen molar-refractivity contribution in [1.29, 1.82) is 5.26 Å². The highest BCUT2D eigenvalue weighted by molar-refractivity contribution is 7.99. The molecule has 0 aliphatic carbocycles. The Labute approximate surface area is 102 Å². The van der Waals surface area contributed by atoms with Crippen LogP contribution in [0.5, 0.6) is 0 Å². The third-order valence-electron chi connectivity index (χ3n) is 2.61. The van der Waals surface area contributed by atoms with Crippen LogP contribution in [-0.4, -0.2) is 22.1 Å². The highest BCUT2D eigenvalue weighted by Crippen LogP contribution is 2.19. The van der Waals surface area contributed by atoms with Gasteiger partial charge in [-0.3, -0.25) is 0 Å². The van der Waals surface area contributed by atoms with Crippen LogP contribution in [0.15, 0.2) is 12.3 Å². The van der Waals surface area contributed by atoms with Crippen LogP contribution in [0.25, 0.3) is 0 Å². The van der Waals surface area contributed by atoms with Gasteiger partial charge in [-0.05, 0) is 31.7 Å². The van der Waals surface area contributed by atoms with E-state index in [9.17, 15) is 0 Å². The van der Waals surface area contributed by atoms with Gasteiger partial charge < -0.3 is 9.88 Å². The molecule has 1 N–H and O–H groups in total. The summed E-state index contributed by atoms with van der Waals surface area (Å²) in [5.41, 5.74) is 1.87. The lowest BCUT2D eigenvalue weighted by molar-refractivity contribution is 0.590. The van der Waals surface area contributed by atoms with Gasteiger partial charge in [-0.2, -0.15) is 17.0 Å². The maximum atomic E-state index is 8.83. The largest absolute Gasteiger partial charge is 0.342 e. The number of hydrogen-bond donors (Lipinski definition) is 1. The summed E-state index contributed by atoms with van der Waals surface area (Å²) in [5, 5.41) is 12.2. The monoisotopic (exact) mass is 237 g/mol. The second-order valence-electron chi connectivity index (χ2n) is 4.52. The summed E-state index contributed by atoms with van der Waals surface area (Å²) in [7, 11) is 1.90. The molecule has 1 aromatic rings. The molecule has 0 aliphatic rings. The van der Waals surface area contributed by atoms with Crippen molar-refractivity contribution in [3.8, 4) is 6.07 Å². The standard InChI is InChI=1S/C12H19N3S/c1-12(2,16-4)9-14-7-10-5-11(6-13)15(3)8-10/h5,8,14H,7,9H2,1-4H3. The Balaban J connectivity index is 2.47. The summed E-state index contributed by atoms with van der Waals surface area (Å²) in [6.45, 7) is 6.22. The molecule has 0 bridgehead atoms. The SMILES string of the molecule is CSC(C)(C)CNCc1cc(C#N)n(C)c1. The molecule has 0 spiro atoms. The predicted octanol–water partition coefficient (Wildman–Crippen LogP) is 2.13. The molecule has 4 heteroatoms. The molecule has 1 heterocycles. The highest BCUT2D eigenvalue weighted by atomic mass is 32.2. The lowest BCUT2D eigenvalue weighted by Crippen LogP contribution is -2.31. The average Bonchev–Trinajstić information content (AvgIpc) is 2.59. The van der Waals surface area contributed by atoms with Crippen molar-refractivity contribution in [3.05, 3.63) is 23.5 Å². The normalized spacial score (nSPS) is 11.4. The van der Waals surface area contributed by atoms with E-state index in [-0.39, 0.29) is 4.75 Å². The van der Waals surface area contributed by atoms with Crippen LogP contribution in [-0.2, 0) is 13.6 Å². The fourth-order valence-electron chi connectivity index (χ4n) is 1.42. The van der Waals surface area contributed by atoms with E-state index in [1.54, 1.807) is 0 Å². The number of nitrogens with one attached hydrogen (secondary N) is 1. The van der Waals surface area contributed by atoms with E-state index in [0.717, 1.165) is 18.7 Å². The maximum Gasteiger partial charge on any atom is 0.120 e. The van der Waals surface area contributed by atoms with Gasteiger partial charge in [0, 0.05) is 31.1 Å². The summed E-state index contributed by atoms with van der Waals surface area (Å²) in [6.07, 6.45) is 4.12. The summed E-state index contributed by atoms with van der Waals surface area (Å²) in [6, 6.07) is 4.09. The van der Waals surface area contributed by atoms with Crippen LogP contribution in [0.1, 0.15) is 25.1 Å². The summed E-state index contributed by atoms with van der Waals surface area (Å²) in [5.74, 6) is 0. The molecule has 0 amide bonds. The van der Waals surface area contributed by atoms with Gasteiger partial charge in [0.1, 0.15) is 11.8 Å². The summed E-state index contributed by atoms with van der Waals surface area (Å²) < 4.78 is 2.11. The number of aryl methyl sites for hydroxylation is 1. The van der Waals surface area contributed by atoms with Gasteiger partial charge in [0.15, 0.2) is 0 Å². The van der Waals surface area contributed by atoms with Crippen molar-refractivity contribution in [3.63, 3.8) is 0 Å². The van der Waals surface area contributed by atoms with Gasteiger partial charge in [0.2, 0.25) is 0 Å². The Morgan fingerprint density at radius 3 is 2.75 bits per heavy atom. The van der Waals surface area contributed by atoms with E-state index < -0.39 is 0 Å². The Morgan fingerprint density at radius 1 is 1.56 bits per heavy atom. The molecule has 1 aromatic heterocycles. The Hall–Kier alpha value is -0.920. The van der Waals surface area contributed by atoms with Crippen molar-refractivity contribution >= 4 is 11.8 Å². The third kappa shape index (κ3) is 3.58. The van der Waals surface area contributed by atoms with Gasteiger partial charge >= 0.3 is 0 Å². The molecule has 0 unspecified atom stereocenters. The molecule has 3 nitrogen and oxygen atoms in total. The minimum absolute atomic E-state index is 0.257. The number of hydrogen-bond acceptors (Lipinski definition) is 3. The van der Waals surface area contributed by atoms with E-state index in [0.29, 0.717) is 5.69 Å². The van der Waals surface area contributed by atoms with Gasteiger partial charge in [-0.25, -0.2) is 0 Å². The van der Waals surface area contributed by atoms with Crippen molar-refractivity contribution in [2.24, 2.45) is 7.05 Å². The first-order chi connectivity index (χ1) is 7.48. The number of nitrogens with zero attached hydrogens (tertiary/aromatic N) is 2. The molecular weight excluding hydrogens is 218 g/mol. The van der Waals surface area contributed by atoms with Crippen molar-refractivity contribution in [1.82, 2.24) is 9.88 Å². The molecule has 0 fully saturated rings. The third-order valence-corrected chi connectivity index (χ3v) is 3.86. The van der Waals surface area contributed by atoms with Crippen molar-refractivity contribution in [2.75, 3.05) is 12.8 Å². The first kappa shape index (κ1) is 13.1. The summed E-state index contributed by atoms with van der Waals surface area (Å²) in [4.78, 5) is 0. The number of rotatable bonds is 5. The van der Waals surface area contributed by atoms with E-state index in [1.165, 1.54) is 0 Å². The van der Waals surface area contributed by atoms with E-state index in [4.69, 9.17) is 5.26 Å². The fourth-order valence-corrected chi connectivity index (χ4v) is 1.67. The Kier molecular flexibility index (Phi) is 4.45. The minimum atomic E-state index is 0.257. The van der Waals surface area contributed by atoms with E-state index >= 15 is 0 Å². The van der Waals surface area contributed by atoms with Crippen LogP contribution in [0.3, 0.4) is 0 Å². The first-order valence-corrected chi connectivity index (χ1v) is 6.52. The molecule has 0 saturated heterocycles. The topological polar surface area (TPSA) is 40.8 Å². The van der Waals surface area contributed by atoms with Gasteiger partial charge in [-0.1, -0.05) is 0 Å². The average molecular weight is 237 g/mol. The quantitative estimate of drug-likeness (QED) is 0.853. The molecule has 16 heavy (non-hydrogen) atoms. The second kappa shape index (κ2) is 5.42. The number of aromatic nitrogens is 1. The smallest absolute Gasteiger partial charge is 0.120 e.